The maximum atomic E-state index is 8.63. The summed E-state index contributed by atoms with van der Waals surface area (Å²) in [7, 11) is 0. The van der Waals surface area contributed by atoms with Crippen LogP contribution in [0.5, 0.6) is 0 Å². The molecule has 0 spiro atoms. The zero-order valence-corrected chi connectivity index (χ0v) is 6.02. The quantitative estimate of drug-likeness (QED) is 0.522. The van der Waals surface area contributed by atoms with Gasteiger partial charge in [0, 0.05) is 12.5 Å². The summed E-state index contributed by atoms with van der Waals surface area (Å²) in [5, 5.41) is 8.63. The van der Waals surface area contributed by atoms with Crippen LogP contribution in [-0.4, -0.2) is 11.7 Å². The van der Waals surface area contributed by atoms with Gasteiger partial charge in [0.2, 0.25) is 0 Å². The Labute approximate surface area is 61.4 Å². The Bertz CT molecular complexity index is 221. The van der Waals surface area contributed by atoms with Crippen molar-refractivity contribution in [3.8, 4) is 23.7 Å². The summed E-state index contributed by atoms with van der Waals surface area (Å²) in [5.41, 5.74) is 0. The first-order valence-electron chi connectivity index (χ1n) is 3.41. The normalized spacial score (nSPS) is 27.4. The van der Waals surface area contributed by atoms with Gasteiger partial charge in [0.15, 0.2) is 0 Å². The maximum absolute atomic E-state index is 8.63. The molecule has 1 aliphatic carbocycles. The number of aliphatic hydroxyl groups excluding tert-OH is 1. The predicted molar refractivity (Wildman–Crippen MR) is 39.9 cm³/mol. The van der Waals surface area contributed by atoms with Crippen molar-refractivity contribution in [1.29, 1.82) is 0 Å². The highest BCUT2D eigenvalue weighted by molar-refractivity contribution is 5.28. The largest absolute Gasteiger partial charge is 0.396 e. The third-order valence-corrected chi connectivity index (χ3v) is 1.60. The van der Waals surface area contributed by atoms with E-state index < -0.39 is 0 Å². The molecular formula is C9H10O. The smallest absolute Gasteiger partial charge is 0.0471 e. The molecule has 0 heterocycles. The number of aliphatic hydroxyl groups is 1. The highest BCUT2D eigenvalue weighted by Gasteiger charge is 2.34. The molecule has 1 rings (SSSR count). The van der Waals surface area contributed by atoms with Crippen LogP contribution in [0.2, 0.25) is 0 Å². The van der Waals surface area contributed by atoms with Gasteiger partial charge in [-0.05, 0) is 31.1 Å². The van der Waals surface area contributed by atoms with Crippen LogP contribution in [-0.2, 0) is 0 Å². The average Bonchev–Trinajstić information content (AvgIpc) is 2.68. The molecule has 52 valence electrons. The maximum Gasteiger partial charge on any atom is 0.0471 e. The molecule has 1 fully saturated rings. The molecule has 2 atom stereocenters. The van der Waals surface area contributed by atoms with Gasteiger partial charge in [0.25, 0.3) is 0 Å². The molecule has 0 saturated heterocycles. The second kappa shape index (κ2) is 3.30. The lowest BCUT2D eigenvalue weighted by Crippen LogP contribution is -1.85. The van der Waals surface area contributed by atoms with Crippen molar-refractivity contribution in [3.05, 3.63) is 0 Å². The van der Waals surface area contributed by atoms with Crippen molar-refractivity contribution < 1.29 is 5.11 Å². The minimum Gasteiger partial charge on any atom is -0.396 e. The van der Waals surface area contributed by atoms with Crippen molar-refractivity contribution in [1.82, 2.24) is 0 Å². The monoisotopic (exact) mass is 134 g/mol. The van der Waals surface area contributed by atoms with Crippen LogP contribution in [0.1, 0.15) is 13.3 Å². The summed E-state index contributed by atoms with van der Waals surface area (Å²) in [5.74, 6) is 11.9. The molecule has 1 saturated carbocycles. The molecule has 1 heteroatoms. The van der Waals surface area contributed by atoms with Crippen molar-refractivity contribution in [2.75, 3.05) is 6.61 Å². The summed E-state index contributed by atoms with van der Waals surface area (Å²) < 4.78 is 0. The predicted octanol–water partition coefficient (Wildman–Crippen LogP) is 0.641. The molecule has 0 aliphatic heterocycles. The third kappa shape index (κ3) is 1.79. The van der Waals surface area contributed by atoms with Gasteiger partial charge in [-0.15, -0.1) is 0 Å². The molecule has 0 radical (unpaired) electrons. The Morgan fingerprint density at radius 3 is 2.80 bits per heavy atom. The van der Waals surface area contributed by atoms with Gasteiger partial charge in [0.1, 0.15) is 0 Å². The zero-order chi connectivity index (χ0) is 7.40. The molecule has 0 unspecified atom stereocenters. The van der Waals surface area contributed by atoms with E-state index in [0.717, 1.165) is 6.42 Å². The van der Waals surface area contributed by atoms with E-state index in [-0.39, 0.29) is 6.61 Å². The van der Waals surface area contributed by atoms with Crippen LogP contribution < -0.4 is 0 Å². The van der Waals surface area contributed by atoms with E-state index in [9.17, 15) is 0 Å². The molecule has 1 N–H and O–H groups in total. The van der Waals surface area contributed by atoms with Gasteiger partial charge >= 0.3 is 0 Å². The van der Waals surface area contributed by atoms with Crippen molar-refractivity contribution >= 4 is 0 Å². The number of hydrogen-bond donors (Lipinski definition) is 1. The van der Waals surface area contributed by atoms with Crippen molar-refractivity contribution in [2.24, 2.45) is 11.8 Å². The first-order chi connectivity index (χ1) is 4.88. The van der Waals surface area contributed by atoms with Crippen LogP contribution in [0.15, 0.2) is 0 Å². The van der Waals surface area contributed by atoms with E-state index >= 15 is 0 Å². The van der Waals surface area contributed by atoms with Crippen LogP contribution in [0.4, 0.5) is 0 Å². The third-order valence-electron chi connectivity index (χ3n) is 1.60. The van der Waals surface area contributed by atoms with Gasteiger partial charge in [0.05, 0.1) is 0 Å². The molecule has 0 aromatic rings. The van der Waals surface area contributed by atoms with E-state index in [1.807, 2.05) is 0 Å². The first kappa shape index (κ1) is 7.19. The Morgan fingerprint density at radius 2 is 2.30 bits per heavy atom. The van der Waals surface area contributed by atoms with Gasteiger partial charge in [-0.1, -0.05) is 11.8 Å². The molecule has 1 aliphatic rings. The second-order valence-electron chi connectivity index (χ2n) is 2.43. The molecule has 0 amide bonds. The van der Waals surface area contributed by atoms with Crippen LogP contribution in [0.25, 0.3) is 0 Å². The fourth-order valence-corrected chi connectivity index (χ4v) is 0.817. The summed E-state index contributed by atoms with van der Waals surface area (Å²) >= 11 is 0. The van der Waals surface area contributed by atoms with E-state index in [4.69, 9.17) is 5.11 Å². The standard InChI is InChI=1S/C9H10O/c1-2-3-4-5-8-6-9(8)7-10/h8-10H,6-7H2,1H3/t8-,9+/m1/s1. The number of hydrogen-bond acceptors (Lipinski definition) is 1. The second-order valence-corrected chi connectivity index (χ2v) is 2.43. The number of rotatable bonds is 1. The van der Waals surface area contributed by atoms with E-state index in [1.165, 1.54) is 0 Å². The van der Waals surface area contributed by atoms with Crippen LogP contribution in [0, 0.1) is 35.5 Å². The topological polar surface area (TPSA) is 20.2 Å². The summed E-state index contributed by atoms with van der Waals surface area (Å²) in [6.07, 6.45) is 1.05. The van der Waals surface area contributed by atoms with Crippen molar-refractivity contribution in [3.63, 3.8) is 0 Å². The zero-order valence-electron chi connectivity index (χ0n) is 6.02. The molecular weight excluding hydrogens is 124 g/mol. The minimum absolute atomic E-state index is 0.277. The first-order valence-corrected chi connectivity index (χ1v) is 3.41. The molecule has 10 heavy (non-hydrogen) atoms. The van der Waals surface area contributed by atoms with Crippen molar-refractivity contribution in [2.45, 2.75) is 13.3 Å². The summed E-state index contributed by atoms with van der Waals surface area (Å²) in [4.78, 5) is 0. The van der Waals surface area contributed by atoms with Gasteiger partial charge in [-0.3, -0.25) is 0 Å². The van der Waals surface area contributed by atoms with E-state index in [2.05, 4.69) is 23.7 Å². The van der Waals surface area contributed by atoms with E-state index in [0.29, 0.717) is 11.8 Å². The molecule has 1 nitrogen and oxygen atoms in total. The average molecular weight is 134 g/mol. The molecule has 0 aromatic carbocycles. The SMILES string of the molecule is CC#CC#C[C@@H]1C[C@H]1CO. The lowest BCUT2D eigenvalue weighted by atomic mass is 10.3. The molecule has 0 bridgehead atoms. The lowest BCUT2D eigenvalue weighted by molar-refractivity contribution is 0.273. The highest BCUT2D eigenvalue weighted by Crippen LogP contribution is 2.36. The van der Waals surface area contributed by atoms with Crippen LogP contribution >= 0.6 is 0 Å². The van der Waals surface area contributed by atoms with Gasteiger partial charge in [-0.25, -0.2) is 0 Å². The Balaban J connectivity index is 2.28. The fraction of sp³-hybridized carbons (Fsp3) is 0.556. The fourth-order valence-electron chi connectivity index (χ4n) is 0.817. The van der Waals surface area contributed by atoms with Gasteiger partial charge in [-0.2, -0.15) is 0 Å². The summed E-state index contributed by atoms with van der Waals surface area (Å²) in [6.45, 7) is 2.05. The Kier molecular flexibility index (Phi) is 2.37. The lowest BCUT2D eigenvalue weighted by Gasteiger charge is -1.80. The van der Waals surface area contributed by atoms with Crippen LogP contribution in [0.3, 0.4) is 0 Å². The minimum atomic E-state index is 0.277. The van der Waals surface area contributed by atoms with Gasteiger partial charge < -0.3 is 5.11 Å². The Morgan fingerprint density at radius 1 is 1.50 bits per heavy atom. The highest BCUT2D eigenvalue weighted by atomic mass is 16.3. The Hall–Kier alpha value is -0.920. The summed E-state index contributed by atoms with van der Waals surface area (Å²) in [6, 6.07) is 0. The van der Waals surface area contributed by atoms with E-state index in [1.54, 1.807) is 6.92 Å². The molecule has 0 aromatic heterocycles.